The molecule has 4 nitrogen and oxygen atoms in total. The van der Waals surface area contributed by atoms with Gasteiger partial charge < -0.3 is 9.31 Å². The molecule has 2 atom stereocenters. The molecule has 0 bridgehead atoms. The van der Waals surface area contributed by atoms with Crippen LogP contribution >= 0.6 is 0 Å². The lowest BCUT2D eigenvalue weighted by Crippen LogP contribution is -2.45. The molecule has 1 aromatic rings. The third-order valence-corrected chi connectivity index (χ3v) is 10.5. The maximum atomic E-state index is 13.9. The molecule has 0 amide bonds. The average molecular weight is 538 g/mol. The third kappa shape index (κ3) is 7.19. The number of fused-ring (bicyclic) bond motifs is 1. The molecule has 5 heteroatoms. The van der Waals surface area contributed by atoms with E-state index in [1.54, 1.807) is 11.1 Å². The molecule has 0 aromatic heterocycles. The predicted octanol–water partition coefficient (Wildman–Crippen LogP) is 8.44. The number of nitrogens with zero attached hydrogens (tertiary/aromatic N) is 1. The zero-order valence-corrected chi connectivity index (χ0v) is 26.4. The van der Waals surface area contributed by atoms with Gasteiger partial charge >= 0.3 is 7.12 Å². The number of likely N-dealkylation sites (tertiary alicyclic amines) is 1. The first-order valence-electron chi connectivity index (χ1n) is 15.9. The van der Waals surface area contributed by atoms with Crippen LogP contribution in [0.25, 0.3) is 0 Å². The van der Waals surface area contributed by atoms with Crippen molar-refractivity contribution in [3.63, 3.8) is 0 Å². The Hall–Kier alpha value is -1.17. The summed E-state index contributed by atoms with van der Waals surface area (Å²) in [4.78, 5) is 16.7. The summed E-state index contributed by atoms with van der Waals surface area (Å²) in [5, 5.41) is 0. The number of carbonyl (C=O) groups excluding carboxylic acids is 1. The van der Waals surface area contributed by atoms with E-state index < -0.39 is 0 Å². The van der Waals surface area contributed by atoms with Crippen LogP contribution in [0.1, 0.15) is 130 Å². The van der Waals surface area contributed by atoms with Crippen LogP contribution in [0.2, 0.25) is 6.32 Å². The quantitative estimate of drug-likeness (QED) is 0.180. The van der Waals surface area contributed by atoms with Crippen molar-refractivity contribution in [3.05, 3.63) is 35.4 Å². The van der Waals surface area contributed by atoms with Crippen molar-refractivity contribution < 1.29 is 14.1 Å². The summed E-state index contributed by atoms with van der Waals surface area (Å²) in [6, 6.07) is 9.67. The summed E-state index contributed by atoms with van der Waals surface area (Å²) >= 11 is 0. The first-order valence-corrected chi connectivity index (χ1v) is 15.9. The van der Waals surface area contributed by atoms with E-state index in [-0.39, 0.29) is 29.2 Å². The lowest BCUT2D eigenvalue weighted by molar-refractivity contribution is -0.135. The second-order valence-electron chi connectivity index (χ2n) is 15.3. The summed E-state index contributed by atoms with van der Waals surface area (Å²) < 4.78 is 12.5. The molecule has 2 heterocycles. The summed E-state index contributed by atoms with van der Waals surface area (Å²) in [5.41, 5.74) is 2.32. The Morgan fingerprint density at radius 1 is 0.949 bits per heavy atom. The summed E-state index contributed by atoms with van der Waals surface area (Å²) in [7, 11) is -0.141. The predicted molar refractivity (Wildman–Crippen MR) is 163 cm³/mol. The summed E-state index contributed by atoms with van der Waals surface area (Å²) in [6.07, 6.45) is 12.0. The highest BCUT2D eigenvalue weighted by Crippen LogP contribution is 2.45. The van der Waals surface area contributed by atoms with Crippen LogP contribution in [0.4, 0.5) is 0 Å². The molecule has 218 valence electrons. The topological polar surface area (TPSA) is 38.8 Å². The Labute approximate surface area is 240 Å². The SMILES string of the molecule is CC(C)(C)CC(=O)C(C)(CCCCB1OC(C)(C)C(C)(C)O1)C1CCN(C2CCCCc3ccccc32)CC1. The number of carbonyl (C=O) groups is 1. The lowest BCUT2D eigenvalue weighted by atomic mass is 9.64. The van der Waals surface area contributed by atoms with Crippen molar-refractivity contribution >= 4 is 12.9 Å². The lowest BCUT2D eigenvalue weighted by Gasteiger charge is -2.45. The molecule has 0 N–H and O–H groups in total. The second-order valence-corrected chi connectivity index (χ2v) is 15.3. The van der Waals surface area contributed by atoms with Crippen molar-refractivity contribution in [1.82, 2.24) is 4.90 Å². The van der Waals surface area contributed by atoms with Crippen molar-refractivity contribution in [2.75, 3.05) is 13.1 Å². The standard InChI is InChI=1S/C34H56BNO3/c1-31(2,3)25-30(37)34(8,21-13-14-22-35-38-32(4,5)33(6,7)39-35)27-19-23-36(24-20-27)29-18-12-10-16-26-15-9-11-17-28(26)29/h9,11,15,17,27,29H,10,12-14,16,18-25H2,1-8H3. The van der Waals surface area contributed by atoms with Gasteiger partial charge in [-0.25, -0.2) is 0 Å². The highest BCUT2D eigenvalue weighted by Gasteiger charge is 2.50. The maximum Gasteiger partial charge on any atom is 0.457 e. The Balaban J connectivity index is 1.39. The highest BCUT2D eigenvalue weighted by atomic mass is 16.7. The van der Waals surface area contributed by atoms with E-state index in [4.69, 9.17) is 9.31 Å². The van der Waals surface area contributed by atoms with Gasteiger partial charge in [-0.1, -0.05) is 71.2 Å². The van der Waals surface area contributed by atoms with E-state index in [2.05, 4.69) is 84.6 Å². The van der Waals surface area contributed by atoms with Gasteiger partial charge in [-0.15, -0.1) is 0 Å². The fourth-order valence-electron chi connectivity index (χ4n) is 7.26. The third-order valence-electron chi connectivity index (χ3n) is 10.5. The van der Waals surface area contributed by atoms with Crippen LogP contribution < -0.4 is 0 Å². The van der Waals surface area contributed by atoms with Crippen molar-refractivity contribution in [2.45, 2.75) is 143 Å². The van der Waals surface area contributed by atoms with Gasteiger partial charge in [-0.2, -0.15) is 0 Å². The molecule has 2 fully saturated rings. The van der Waals surface area contributed by atoms with E-state index >= 15 is 0 Å². The van der Waals surface area contributed by atoms with E-state index in [9.17, 15) is 4.79 Å². The number of Topliss-reactive ketones (excluding diaryl/α,β-unsaturated/α-hetero) is 1. The number of ketones is 1. The molecule has 2 aliphatic heterocycles. The molecule has 4 rings (SSSR count). The van der Waals surface area contributed by atoms with Crippen LogP contribution in [0.3, 0.4) is 0 Å². The fraction of sp³-hybridized carbons (Fsp3) is 0.794. The second kappa shape index (κ2) is 12.0. The highest BCUT2D eigenvalue weighted by molar-refractivity contribution is 6.45. The van der Waals surface area contributed by atoms with Gasteiger partial charge in [0.2, 0.25) is 0 Å². The molecule has 3 aliphatic rings. The van der Waals surface area contributed by atoms with Crippen LogP contribution in [-0.4, -0.2) is 42.1 Å². The Morgan fingerprint density at radius 3 is 2.23 bits per heavy atom. The number of rotatable bonds is 9. The molecule has 2 unspecified atom stereocenters. The van der Waals surface area contributed by atoms with Crippen LogP contribution in [0, 0.1) is 16.7 Å². The van der Waals surface area contributed by atoms with Gasteiger partial charge in [0, 0.05) is 17.9 Å². The van der Waals surface area contributed by atoms with E-state index in [0.717, 1.165) is 51.5 Å². The minimum Gasteiger partial charge on any atom is -0.403 e. The molecule has 0 radical (unpaired) electrons. The van der Waals surface area contributed by atoms with E-state index in [1.165, 1.54) is 25.7 Å². The zero-order valence-electron chi connectivity index (χ0n) is 26.4. The molecular weight excluding hydrogens is 481 g/mol. The van der Waals surface area contributed by atoms with Crippen LogP contribution in [-0.2, 0) is 20.5 Å². The molecule has 39 heavy (non-hydrogen) atoms. The normalized spacial score (nSPS) is 25.6. The largest absolute Gasteiger partial charge is 0.457 e. The van der Waals surface area contributed by atoms with Crippen molar-refractivity contribution in [1.29, 1.82) is 0 Å². The van der Waals surface area contributed by atoms with Crippen LogP contribution in [0.5, 0.6) is 0 Å². The number of unbranched alkanes of at least 4 members (excludes halogenated alkanes) is 1. The molecule has 0 spiro atoms. The van der Waals surface area contributed by atoms with E-state index in [1.807, 2.05) is 0 Å². The monoisotopic (exact) mass is 537 g/mol. The van der Waals surface area contributed by atoms with Gasteiger partial charge in [0.05, 0.1) is 11.2 Å². The fourth-order valence-corrected chi connectivity index (χ4v) is 7.26. The Morgan fingerprint density at radius 2 is 1.59 bits per heavy atom. The van der Waals surface area contributed by atoms with Gasteiger partial charge in [0.1, 0.15) is 5.78 Å². The number of aryl methyl sites for hydroxylation is 1. The van der Waals surface area contributed by atoms with E-state index in [0.29, 0.717) is 24.2 Å². The molecule has 1 aromatic carbocycles. The van der Waals surface area contributed by atoms with Crippen LogP contribution in [0.15, 0.2) is 24.3 Å². The minimum atomic E-state index is -0.277. The number of benzene rings is 1. The molecule has 0 saturated carbocycles. The summed E-state index contributed by atoms with van der Waals surface area (Å²) in [6.45, 7) is 19.6. The number of piperidine rings is 1. The molecule has 2 saturated heterocycles. The van der Waals surface area contributed by atoms with Gasteiger partial charge in [-0.05, 0) is 108 Å². The zero-order chi connectivity index (χ0) is 28.5. The Bertz CT molecular complexity index is 959. The van der Waals surface area contributed by atoms with Gasteiger partial charge in [0.15, 0.2) is 0 Å². The van der Waals surface area contributed by atoms with Crippen molar-refractivity contribution in [3.8, 4) is 0 Å². The van der Waals surface area contributed by atoms with Gasteiger partial charge in [0.25, 0.3) is 0 Å². The van der Waals surface area contributed by atoms with Crippen molar-refractivity contribution in [2.24, 2.45) is 16.7 Å². The Kier molecular flexibility index (Phi) is 9.46. The maximum absolute atomic E-state index is 13.9. The molecule has 1 aliphatic carbocycles. The first kappa shape index (κ1) is 30.8. The molecular formula is C34H56BNO3. The van der Waals surface area contributed by atoms with Gasteiger partial charge in [-0.3, -0.25) is 9.69 Å². The number of hydrogen-bond donors (Lipinski definition) is 0. The first-order chi connectivity index (χ1) is 18.2. The smallest absolute Gasteiger partial charge is 0.403 e. The average Bonchev–Trinajstić information content (AvgIpc) is 2.99. The minimum absolute atomic E-state index is 0.0196. The summed E-state index contributed by atoms with van der Waals surface area (Å²) in [5.74, 6) is 0.936. The number of hydrogen-bond acceptors (Lipinski definition) is 4.